The largest absolute Gasteiger partial charge is 0.379 e. The van der Waals surface area contributed by atoms with Crippen LogP contribution in [0.25, 0.3) is 0 Å². The lowest BCUT2D eigenvalue weighted by Gasteiger charge is -2.16. The van der Waals surface area contributed by atoms with Crippen molar-refractivity contribution in [3.05, 3.63) is 0 Å². The molecule has 0 saturated carbocycles. The first kappa shape index (κ1) is 9.91. The molecule has 2 unspecified atom stereocenters. The number of ether oxygens (including phenoxy) is 1. The lowest BCUT2D eigenvalue weighted by atomic mass is 10.3. The van der Waals surface area contributed by atoms with Crippen LogP contribution in [0, 0.1) is 0 Å². The van der Waals surface area contributed by atoms with Crippen LogP contribution in [0.1, 0.15) is 0 Å². The van der Waals surface area contributed by atoms with E-state index in [1.54, 1.807) is 0 Å². The summed E-state index contributed by atoms with van der Waals surface area (Å²) in [7, 11) is -0.256. The smallest absolute Gasteiger partial charge is 0.218 e. The van der Waals surface area contributed by atoms with Gasteiger partial charge in [0.1, 0.15) is 5.25 Å². The normalized spacial score (nSPS) is 30.8. The first-order chi connectivity index (χ1) is 5.61. The predicted octanol–water partition coefficient (Wildman–Crippen LogP) is -1.48. The Balaban J connectivity index is 2.74. The second-order valence-corrected chi connectivity index (χ2v) is 4.82. The van der Waals surface area contributed by atoms with Gasteiger partial charge in [0.2, 0.25) is 10.0 Å². The fraction of sp³-hybridized carbons (Fsp3) is 1.00. The van der Waals surface area contributed by atoms with Gasteiger partial charge in [-0.15, -0.1) is 0 Å². The van der Waals surface area contributed by atoms with Gasteiger partial charge in [0, 0.05) is 20.2 Å². The fourth-order valence-electron chi connectivity index (χ4n) is 1.33. The summed E-state index contributed by atoms with van der Waals surface area (Å²) in [6.07, 6.45) is -0.234. The van der Waals surface area contributed by atoms with E-state index < -0.39 is 15.3 Å². The topological polar surface area (TPSA) is 67.4 Å². The second kappa shape index (κ2) is 3.69. The van der Waals surface area contributed by atoms with E-state index in [4.69, 9.17) is 4.74 Å². The van der Waals surface area contributed by atoms with E-state index in [0.29, 0.717) is 13.1 Å². The Kier molecular flexibility index (Phi) is 3.05. The van der Waals surface area contributed by atoms with Crippen LogP contribution >= 0.6 is 0 Å². The zero-order valence-corrected chi connectivity index (χ0v) is 8.02. The summed E-state index contributed by atoms with van der Waals surface area (Å²) in [5.41, 5.74) is 0. The highest BCUT2D eigenvalue weighted by atomic mass is 32.2. The molecule has 1 aliphatic heterocycles. The van der Waals surface area contributed by atoms with Gasteiger partial charge in [-0.1, -0.05) is 0 Å². The van der Waals surface area contributed by atoms with Crippen LogP contribution in [0.15, 0.2) is 0 Å². The van der Waals surface area contributed by atoms with Crippen LogP contribution in [0.3, 0.4) is 0 Å². The Morgan fingerprint density at radius 3 is 2.67 bits per heavy atom. The molecule has 2 N–H and O–H groups in total. The van der Waals surface area contributed by atoms with Crippen molar-refractivity contribution in [3.63, 3.8) is 0 Å². The van der Waals surface area contributed by atoms with E-state index >= 15 is 0 Å². The minimum atomic E-state index is -3.20. The molecule has 0 aliphatic carbocycles. The molecule has 0 bridgehead atoms. The zero-order chi connectivity index (χ0) is 9.19. The molecule has 1 heterocycles. The molecule has 0 spiro atoms. The fourth-order valence-corrected chi connectivity index (χ4v) is 2.57. The number of nitrogens with one attached hydrogen (secondary N) is 2. The highest BCUT2D eigenvalue weighted by molar-refractivity contribution is 7.90. The number of hydrogen-bond acceptors (Lipinski definition) is 4. The van der Waals surface area contributed by atoms with Crippen molar-refractivity contribution < 1.29 is 13.2 Å². The molecule has 1 saturated heterocycles. The highest BCUT2D eigenvalue weighted by Crippen LogP contribution is 2.11. The molecule has 1 rings (SSSR count). The summed E-state index contributed by atoms with van der Waals surface area (Å²) in [6, 6.07) is 0. The summed E-state index contributed by atoms with van der Waals surface area (Å²) in [4.78, 5) is 0. The maximum Gasteiger partial charge on any atom is 0.218 e. The number of sulfonamides is 1. The van der Waals surface area contributed by atoms with Crippen LogP contribution in [0.5, 0.6) is 0 Å². The summed E-state index contributed by atoms with van der Waals surface area (Å²) in [6.45, 7) is 1.06. The van der Waals surface area contributed by atoms with Crippen molar-refractivity contribution in [2.24, 2.45) is 0 Å². The molecule has 0 amide bonds. The van der Waals surface area contributed by atoms with E-state index in [9.17, 15) is 8.42 Å². The first-order valence-corrected chi connectivity index (χ1v) is 5.32. The SMILES string of the molecule is CNS(=O)(=O)C1CNCC1OC. The predicted molar refractivity (Wildman–Crippen MR) is 45.4 cm³/mol. The molecule has 1 fully saturated rings. The van der Waals surface area contributed by atoms with Crippen molar-refractivity contribution in [2.75, 3.05) is 27.2 Å². The highest BCUT2D eigenvalue weighted by Gasteiger charge is 2.36. The van der Waals surface area contributed by atoms with E-state index in [1.165, 1.54) is 14.2 Å². The Hall–Kier alpha value is -0.170. The van der Waals surface area contributed by atoms with Crippen molar-refractivity contribution in [2.45, 2.75) is 11.4 Å². The van der Waals surface area contributed by atoms with Crippen LogP contribution < -0.4 is 10.0 Å². The minimum absolute atomic E-state index is 0.234. The third-order valence-electron chi connectivity index (χ3n) is 2.09. The van der Waals surface area contributed by atoms with E-state index in [-0.39, 0.29) is 6.10 Å². The van der Waals surface area contributed by atoms with Crippen molar-refractivity contribution in [1.29, 1.82) is 0 Å². The average molecular weight is 194 g/mol. The molecule has 1 aliphatic rings. The molecule has 0 radical (unpaired) electrons. The molecular weight excluding hydrogens is 180 g/mol. The van der Waals surface area contributed by atoms with Gasteiger partial charge < -0.3 is 10.1 Å². The van der Waals surface area contributed by atoms with Gasteiger partial charge in [0.15, 0.2) is 0 Å². The molecule has 0 aromatic heterocycles. The molecule has 72 valence electrons. The third-order valence-corrected chi connectivity index (χ3v) is 3.93. The maximum atomic E-state index is 11.3. The quantitative estimate of drug-likeness (QED) is 0.575. The van der Waals surface area contributed by atoms with E-state index in [0.717, 1.165) is 0 Å². The van der Waals surface area contributed by atoms with E-state index in [1.807, 2.05) is 0 Å². The number of hydrogen-bond donors (Lipinski definition) is 2. The summed E-state index contributed by atoms with van der Waals surface area (Å²) < 4.78 is 30.0. The lowest BCUT2D eigenvalue weighted by Crippen LogP contribution is -2.40. The summed E-state index contributed by atoms with van der Waals surface area (Å²) in [5, 5.41) is 2.50. The van der Waals surface area contributed by atoms with Gasteiger partial charge in [0.25, 0.3) is 0 Å². The van der Waals surface area contributed by atoms with Crippen LogP contribution in [-0.4, -0.2) is 47.0 Å². The Morgan fingerprint density at radius 1 is 1.50 bits per heavy atom. The molecular formula is C6H14N2O3S. The number of rotatable bonds is 3. The Bertz CT molecular complexity index is 239. The first-order valence-electron chi connectivity index (χ1n) is 3.77. The number of methoxy groups -OCH3 is 1. The van der Waals surface area contributed by atoms with Crippen molar-refractivity contribution in [3.8, 4) is 0 Å². The van der Waals surface area contributed by atoms with Gasteiger partial charge in [-0.25, -0.2) is 13.1 Å². The Labute approximate surface area is 72.5 Å². The zero-order valence-electron chi connectivity index (χ0n) is 7.20. The van der Waals surface area contributed by atoms with Crippen LogP contribution in [0.4, 0.5) is 0 Å². The summed E-state index contributed by atoms with van der Waals surface area (Å²) in [5.74, 6) is 0. The average Bonchev–Trinajstić information content (AvgIpc) is 2.52. The van der Waals surface area contributed by atoms with Gasteiger partial charge in [-0.05, 0) is 7.05 Å². The monoisotopic (exact) mass is 194 g/mol. The van der Waals surface area contributed by atoms with Crippen molar-refractivity contribution >= 4 is 10.0 Å². The molecule has 0 aromatic carbocycles. The van der Waals surface area contributed by atoms with Crippen LogP contribution in [0.2, 0.25) is 0 Å². The third kappa shape index (κ3) is 1.77. The van der Waals surface area contributed by atoms with Crippen molar-refractivity contribution in [1.82, 2.24) is 10.0 Å². The Morgan fingerprint density at radius 2 is 2.17 bits per heavy atom. The molecule has 6 heteroatoms. The van der Waals surface area contributed by atoms with Gasteiger partial charge in [-0.2, -0.15) is 0 Å². The van der Waals surface area contributed by atoms with Gasteiger partial charge >= 0.3 is 0 Å². The molecule has 5 nitrogen and oxygen atoms in total. The molecule has 0 aromatic rings. The molecule has 2 atom stereocenters. The lowest BCUT2D eigenvalue weighted by molar-refractivity contribution is 0.121. The maximum absolute atomic E-state index is 11.3. The van der Waals surface area contributed by atoms with E-state index in [2.05, 4.69) is 10.0 Å². The van der Waals surface area contributed by atoms with Gasteiger partial charge in [-0.3, -0.25) is 0 Å². The molecule has 12 heavy (non-hydrogen) atoms. The van der Waals surface area contributed by atoms with Crippen LogP contribution in [-0.2, 0) is 14.8 Å². The van der Waals surface area contributed by atoms with Gasteiger partial charge in [0.05, 0.1) is 6.10 Å². The standard InChI is InChI=1S/C6H14N2O3S/c1-7-12(9,10)6-4-8-3-5(6)11-2/h5-8H,3-4H2,1-2H3. The minimum Gasteiger partial charge on any atom is -0.379 e. The second-order valence-electron chi connectivity index (χ2n) is 2.72. The summed E-state index contributed by atoms with van der Waals surface area (Å²) >= 11 is 0.